The fraction of sp³-hybridized carbons (Fsp3) is 0.562. The Morgan fingerprint density at radius 3 is 2.74 bits per heavy atom. The van der Waals surface area contributed by atoms with Crippen molar-refractivity contribution >= 4 is 27.3 Å². The minimum atomic E-state index is -2.56. The van der Waals surface area contributed by atoms with E-state index in [-0.39, 0.29) is 24.8 Å². The molecule has 0 amide bonds. The van der Waals surface area contributed by atoms with Gasteiger partial charge in [0.1, 0.15) is 0 Å². The monoisotopic (exact) mass is 404 g/mol. The summed E-state index contributed by atoms with van der Waals surface area (Å²) in [6.07, 6.45) is 5.77. The molecule has 1 fully saturated rings. The van der Waals surface area contributed by atoms with E-state index in [4.69, 9.17) is 0 Å². The maximum absolute atomic E-state index is 13.3. The van der Waals surface area contributed by atoms with Crippen LogP contribution in [0.1, 0.15) is 43.0 Å². The van der Waals surface area contributed by atoms with Crippen LogP contribution in [0.15, 0.2) is 34.6 Å². The van der Waals surface area contributed by atoms with E-state index in [1.807, 2.05) is 22.2 Å². The highest BCUT2D eigenvalue weighted by Gasteiger charge is 2.38. The molecular weight excluding hydrogens is 386 g/mol. The van der Waals surface area contributed by atoms with E-state index in [0.29, 0.717) is 19.3 Å². The number of aromatic nitrogens is 2. The average Bonchev–Trinajstić information content (AvgIpc) is 3.16. The van der Waals surface area contributed by atoms with Gasteiger partial charge >= 0.3 is 0 Å². The zero-order valence-electron chi connectivity index (χ0n) is 12.5. The Balaban J connectivity index is 1.73. The van der Waals surface area contributed by atoms with Crippen LogP contribution in [0.25, 0.3) is 0 Å². The summed E-state index contributed by atoms with van der Waals surface area (Å²) in [5, 5.41) is 12.6. The third-order valence-electron chi connectivity index (χ3n) is 4.60. The molecule has 2 aromatic rings. The minimum Gasteiger partial charge on any atom is -0.393 e. The highest BCUT2D eigenvalue weighted by molar-refractivity contribution is 9.10. The van der Waals surface area contributed by atoms with E-state index < -0.39 is 12.0 Å². The molecule has 0 aromatic carbocycles. The molecule has 1 N–H and O–H groups in total. The van der Waals surface area contributed by atoms with Gasteiger partial charge in [-0.25, -0.2) is 13.8 Å². The largest absolute Gasteiger partial charge is 0.393 e. The third kappa shape index (κ3) is 4.00. The first kappa shape index (κ1) is 17.0. The molecule has 1 aliphatic rings. The van der Waals surface area contributed by atoms with Crippen molar-refractivity contribution in [1.82, 2.24) is 9.55 Å². The Labute approximate surface area is 146 Å². The van der Waals surface area contributed by atoms with E-state index in [2.05, 4.69) is 20.9 Å². The topological polar surface area (TPSA) is 38.0 Å². The lowest BCUT2D eigenvalue weighted by atomic mass is 9.81. The van der Waals surface area contributed by atoms with Crippen molar-refractivity contribution in [1.29, 1.82) is 0 Å². The van der Waals surface area contributed by atoms with Crippen LogP contribution in [0.4, 0.5) is 8.78 Å². The van der Waals surface area contributed by atoms with Gasteiger partial charge in [-0.15, -0.1) is 11.3 Å². The third-order valence-corrected chi connectivity index (χ3v) is 6.57. The zero-order chi connectivity index (χ0) is 16.4. The second-order valence-corrected chi connectivity index (χ2v) is 7.96. The lowest BCUT2D eigenvalue weighted by Crippen LogP contribution is -2.32. The second kappa shape index (κ2) is 6.99. The van der Waals surface area contributed by atoms with Gasteiger partial charge in [0.2, 0.25) is 5.92 Å². The lowest BCUT2D eigenvalue weighted by molar-refractivity contribution is -0.0639. The fourth-order valence-corrected chi connectivity index (χ4v) is 4.99. The lowest BCUT2D eigenvalue weighted by Gasteiger charge is -2.33. The molecule has 0 spiro atoms. The van der Waals surface area contributed by atoms with E-state index in [1.165, 1.54) is 0 Å². The molecule has 0 aliphatic heterocycles. The molecule has 0 saturated heterocycles. The Bertz CT molecular complexity index is 622. The van der Waals surface area contributed by atoms with Gasteiger partial charge in [0.05, 0.1) is 18.5 Å². The van der Waals surface area contributed by atoms with Gasteiger partial charge in [-0.3, -0.25) is 0 Å². The smallest absolute Gasteiger partial charge is 0.248 e. The van der Waals surface area contributed by atoms with Crippen LogP contribution < -0.4 is 0 Å². The Morgan fingerprint density at radius 2 is 2.17 bits per heavy atom. The van der Waals surface area contributed by atoms with Gasteiger partial charge in [-0.05, 0) is 52.6 Å². The summed E-state index contributed by atoms with van der Waals surface area (Å²) >= 11 is 5.17. The van der Waals surface area contributed by atoms with Crippen molar-refractivity contribution in [3.05, 3.63) is 39.5 Å². The maximum Gasteiger partial charge on any atom is 0.248 e. The van der Waals surface area contributed by atoms with Crippen molar-refractivity contribution < 1.29 is 13.9 Å². The Hall–Kier alpha value is -0.790. The number of hydrogen-bond donors (Lipinski definition) is 1. The van der Waals surface area contributed by atoms with E-state index in [9.17, 15) is 13.9 Å². The highest BCUT2D eigenvalue weighted by atomic mass is 79.9. The Kier molecular flexibility index (Phi) is 5.18. The van der Waals surface area contributed by atoms with Gasteiger partial charge in [-0.1, -0.05) is 0 Å². The number of imidazole rings is 1. The molecule has 1 aliphatic carbocycles. The molecule has 1 unspecified atom stereocenters. The summed E-state index contributed by atoms with van der Waals surface area (Å²) in [6.45, 7) is 0. The predicted octanol–water partition coefficient (Wildman–Crippen LogP) is 4.87. The molecule has 7 heteroatoms. The average molecular weight is 405 g/mol. The van der Waals surface area contributed by atoms with Crippen molar-refractivity contribution in [2.75, 3.05) is 0 Å². The van der Waals surface area contributed by atoms with E-state index in [0.717, 1.165) is 9.35 Å². The molecule has 2 heterocycles. The maximum atomic E-state index is 13.3. The van der Waals surface area contributed by atoms with E-state index >= 15 is 0 Å². The molecule has 126 valence electrons. The van der Waals surface area contributed by atoms with Crippen LogP contribution in [0.2, 0.25) is 0 Å². The van der Waals surface area contributed by atoms with Crippen molar-refractivity contribution in [2.24, 2.45) is 5.92 Å². The second-order valence-electron chi connectivity index (χ2n) is 6.15. The number of alkyl halides is 2. The van der Waals surface area contributed by atoms with Crippen LogP contribution in [0.3, 0.4) is 0 Å². The molecule has 3 rings (SSSR count). The van der Waals surface area contributed by atoms with E-state index in [1.54, 1.807) is 23.9 Å². The van der Waals surface area contributed by atoms with Crippen LogP contribution in [-0.4, -0.2) is 26.7 Å². The summed E-state index contributed by atoms with van der Waals surface area (Å²) in [5.41, 5.74) is 0. The quantitative estimate of drug-likeness (QED) is 0.771. The summed E-state index contributed by atoms with van der Waals surface area (Å²) < 4.78 is 29.6. The Morgan fingerprint density at radius 1 is 1.43 bits per heavy atom. The van der Waals surface area contributed by atoms with Crippen molar-refractivity contribution in [2.45, 2.75) is 50.2 Å². The number of halogens is 3. The molecule has 23 heavy (non-hydrogen) atoms. The number of aliphatic hydroxyl groups excluding tert-OH is 1. The van der Waals surface area contributed by atoms with Gasteiger partial charge in [0.25, 0.3) is 0 Å². The van der Waals surface area contributed by atoms with Gasteiger partial charge < -0.3 is 9.67 Å². The van der Waals surface area contributed by atoms with Crippen LogP contribution in [-0.2, 0) is 0 Å². The minimum absolute atomic E-state index is 0.0377. The summed E-state index contributed by atoms with van der Waals surface area (Å²) in [6, 6.07) is 1.95. The first-order valence-corrected chi connectivity index (χ1v) is 9.40. The molecular formula is C16H19BrF2N2OS. The molecule has 2 atom stereocenters. The first-order valence-electron chi connectivity index (χ1n) is 7.72. The highest BCUT2D eigenvalue weighted by Crippen LogP contribution is 2.41. The zero-order valence-corrected chi connectivity index (χ0v) is 14.9. The molecule has 0 radical (unpaired) electrons. The van der Waals surface area contributed by atoms with Crippen LogP contribution >= 0.6 is 27.3 Å². The van der Waals surface area contributed by atoms with Crippen molar-refractivity contribution in [3.8, 4) is 0 Å². The van der Waals surface area contributed by atoms with Gasteiger partial charge in [0, 0.05) is 34.6 Å². The van der Waals surface area contributed by atoms with Crippen LogP contribution in [0.5, 0.6) is 0 Å². The molecule has 2 aromatic heterocycles. The normalized spacial score (nSPS) is 21.2. The van der Waals surface area contributed by atoms with Gasteiger partial charge in [-0.2, -0.15) is 0 Å². The predicted molar refractivity (Wildman–Crippen MR) is 89.9 cm³/mol. The SMILES string of the molecule is O[C@@H](CC(c1sccc1Br)n1ccnc1)C1CCC(F)(F)CC1. The summed E-state index contributed by atoms with van der Waals surface area (Å²) in [5.74, 6) is -2.61. The summed E-state index contributed by atoms with van der Waals surface area (Å²) in [7, 11) is 0. The number of hydrogen-bond acceptors (Lipinski definition) is 3. The molecule has 1 saturated carbocycles. The summed E-state index contributed by atoms with van der Waals surface area (Å²) in [4.78, 5) is 5.21. The number of aliphatic hydroxyl groups is 1. The first-order chi connectivity index (χ1) is 11.0. The van der Waals surface area contributed by atoms with Gasteiger partial charge in [0.15, 0.2) is 0 Å². The molecule has 3 nitrogen and oxygen atoms in total. The van der Waals surface area contributed by atoms with Crippen LogP contribution in [0, 0.1) is 5.92 Å². The molecule has 0 bridgehead atoms. The van der Waals surface area contributed by atoms with Crippen molar-refractivity contribution in [3.63, 3.8) is 0 Å². The fourth-order valence-electron chi connectivity index (χ4n) is 3.23. The number of rotatable bonds is 5. The standard InChI is InChI=1S/C16H19BrF2N2OS/c17-12-3-8-23-15(12)13(21-7-6-20-10-21)9-14(22)11-1-4-16(18,19)5-2-11/h3,6-8,10-11,13-14,22H,1-2,4-5,9H2/t13?,14-/m0/s1. The number of nitrogens with zero attached hydrogens (tertiary/aromatic N) is 2. The number of thiophene rings is 1.